The molecule has 36 heavy (non-hydrogen) atoms. The molecule has 1 heterocycles. The van der Waals surface area contributed by atoms with E-state index in [2.05, 4.69) is 16.9 Å². The molecule has 7 heteroatoms. The Hall–Kier alpha value is -4.10. The third kappa shape index (κ3) is 5.58. The van der Waals surface area contributed by atoms with Gasteiger partial charge in [-0.15, -0.1) is 0 Å². The van der Waals surface area contributed by atoms with E-state index in [-0.39, 0.29) is 23.7 Å². The second-order valence-corrected chi connectivity index (χ2v) is 8.55. The standard InChI is InChI=1S/C29H26F2N2O3/c1-19(2)29(30,31)22-10-12-25(13-11-22)36-27-8-5-6-20-16-21(9-14-26(20)27)28(35)33-24(18-34)17-23-7-3-4-15-32-23/h3-16,24,34H,1,17-18H2,2H3,(H,33,35). The smallest absolute Gasteiger partial charge is 0.294 e. The van der Waals surface area contributed by atoms with Crippen molar-refractivity contribution in [3.05, 3.63) is 114 Å². The molecular weight excluding hydrogens is 462 g/mol. The van der Waals surface area contributed by atoms with Gasteiger partial charge < -0.3 is 15.2 Å². The van der Waals surface area contributed by atoms with Gasteiger partial charge in [0.05, 0.1) is 12.6 Å². The highest BCUT2D eigenvalue weighted by Crippen LogP contribution is 2.36. The van der Waals surface area contributed by atoms with E-state index < -0.39 is 12.0 Å². The molecule has 1 unspecified atom stereocenters. The molecule has 0 aliphatic rings. The number of pyridine rings is 1. The first-order valence-electron chi connectivity index (χ1n) is 11.4. The number of aromatic nitrogens is 1. The highest BCUT2D eigenvalue weighted by Gasteiger charge is 2.32. The summed E-state index contributed by atoms with van der Waals surface area (Å²) < 4.78 is 34.3. The zero-order valence-corrected chi connectivity index (χ0v) is 19.7. The molecule has 184 valence electrons. The molecule has 4 rings (SSSR count). The molecule has 5 nitrogen and oxygen atoms in total. The zero-order valence-electron chi connectivity index (χ0n) is 19.7. The van der Waals surface area contributed by atoms with Crippen LogP contribution in [0.3, 0.4) is 0 Å². The lowest BCUT2D eigenvalue weighted by molar-refractivity contribution is 0.0385. The van der Waals surface area contributed by atoms with E-state index >= 15 is 0 Å². The molecule has 1 atom stereocenters. The van der Waals surface area contributed by atoms with E-state index in [0.717, 1.165) is 16.5 Å². The number of carbonyl (C=O) groups excluding carboxylic acids is 1. The number of fused-ring (bicyclic) bond motifs is 1. The average molecular weight is 489 g/mol. The summed E-state index contributed by atoms with van der Waals surface area (Å²) >= 11 is 0. The van der Waals surface area contributed by atoms with Gasteiger partial charge in [0.15, 0.2) is 0 Å². The Balaban J connectivity index is 1.50. The molecule has 2 N–H and O–H groups in total. The molecule has 0 aliphatic carbocycles. The largest absolute Gasteiger partial charge is 0.457 e. The van der Waals surface area contributed by atoms with Crippen LogP contribution in [0.5, 0.6) is 11.5 Å². The van der Waals surface area contributed by atoms with Crippen molar-refractivity contribution in [2.24, 2.45) is 0 Å². The number of alkyl halides is 2. The Morgan fingerprint density at radius 2 is 1.86 bits per heavy atom. The Morgan fingerprint density at radius 1 is 1.08 bits per heavy atom. The van der Waals surface area contributed by atoms with Crippen molar-refractivity contribution >= 4 is 16.7 Å². The van der Waals surface area contributed by atoms with Crippen LogP contribution in [-0.4, -0.2) is 28.6 Å². The summed E-state index contributed by atoms with van der Waals surface area (Å²) in [5.74, 6) is -2.48. The van der Waals surface area contributed by atoms with Crippen molar-refractivity contribution in [2.75, 3.05) is 6.61 Å². The van der Waals surface area contributed by atoms with Crippen LogP contribution in [0.25, 0.3) is 10.8 Å². The van der Waals surface area contributed by atoms with Crippen LogP contribution in [-0.2, 0) is 12.3 Å². The fourth-order valence-electron chi connectivity index (χ4n) is 3.79. The van der Waals surface area contributed by atoms with Gasteiger partial charge in [-0.3, -0.25) is 9.78 Å². The SMILES string of the molecule is C=C(C)C(F)(F)c1ccc(Oc2cccc3cc(C(=O)NC(CO)Cc4ccccn4)ccc23)cc1. The fourth-order valence-corrected chi connectivity index (χ4v) is 3.79. The van der Waals surface area contributed by atoms with Gasteiger partial charge in [0.25, 0.3) is 11.8 Å². The number of aliphatic hydroxyl groups is 1. The van der Waals surface area contributed by atoms with E-state index in [4.69, 9.17) is 4.74 Å². The molecule has 1 aromatic heterocycles. The normalized spacial score (nSPS) is 12.2. The zero-order chi connectivity index (χ0) is 25.7. The van der Waals surface area contributed by atoms with E-state index in [1.807, 2.05) is 18.2 Å². The van der Waals surface area contributed by atoms with Gasteiger partial charge >= 0.3 is 0 Å². The predicted molar refractivity (Wildman–Crippen MR) is 135 cm³/mol. The lowest BCUT2D eigenvalue weighted by atomic mass is 10.0. The Kier molecular flexibility index (Phi) is 7.41. The molecule has 0 spiro atoms. The molecular formula is C29H26F2N2O3. The third-order valence-electron chi connectivity index (χ3n) is 5.82. The van der Waals surface area contributed by atoms with Crippen molar-refractivity contribution in [3.8, 4) is 11.5 Å². The number of carbonyl (C=O) groups is 1. The fraction of sp³-hybridized carbons (Fsp3) is 0.172. The number of halogens is 2. The van der Waals surface area contributed by atoms with Gasteiger partial charge in [-0.05, 0) is 78.5 Å². The van der Waals surface area contributed by atoms with Crippen molar-refractivity contribution in [2.45, 2.75) is 25.3 Å². The van der Waals surface area contributed by atoms with E-state index in [1.165, 1.54) is 31.2 Å². The van der Waals surface area contributed by atoms with Gasteiger partial charge in [0.2, 0.25) is 0 Å². The van der Waals surface area contributed by atoms with Crippen molar-refractivity contribution in [1.29, 1.82) is 0 Å². The maximum Gasteiger partial charge on any atom is 0.294 e. The van der Waals surface area contributed by atoms with Gasteiger partial charge in [0, 0.05) is 34.8 Å². The molecule has 0 saturated carbocycles. The molecule has 0 radical (unpaired) electrons. The lowest BCUT2D eigenvalue weighted by Crippen LogP contribution is -2.39. The van der Waals surface area contributed by atoms with E-state index in [1.54, 1.807) is 42.6 Å². The van der Waals surface area contributed by atoms with Gasteiger partial charge in [0.1, 0.15) is 11.5 Å². The van der Waals surface area contributed by atoms with Crippen LogP contribution in [0.4, 0.5) is 8.78 Å². The summed E-state index contributed by atoms with van der Waals surface area (Å²) in [5, 5.41) is 14.1. The van der Waals surface area contributed by atoms with Gasteiger partial charge in [-0.2, -0.15) is 8.78 Å². The third-order valence-corrected chi connectivity index (χ3v) is 5.82. The molecule has 0 saturated heterocycles. The Morgan fingerprint density at radius 3 is 2.53 bits per heavy atom. The monoisotopic (exact) mass is 488 g/mol. The topological polar surface area (TPSA) is 71.5 Å². The number of ether oxygens (including phenoxy) is 1. The number of nitrogens with one attached hydrogen (secondary N) is 1. The summed E-state index contributed by atoms with van der Waals surface area (Å²) in [5.41, 5.74) is 0.825. The number of benzene rings is 3. The van der Waals surface area contributed by atoms with Crippen molar-refractivity contribution in [3.63, 3.8) is 0 Å². The number of amides is 1. The van der Waals surface area contributed by atoms with Gasteiger partial charge in [-0.25, -0.2) is 0 Å². The highest BCUT2D eigenvalue weighted by atomic mass is 19.3. The van der Waals surface area contributed by atoms with Crippen LogP contribution >= 0.6 is 0 Å². The van der Waals surface area contributed by atoms with Crippen LogP contribution in [0.2, 0.25) is 0 Å². The Labute approximate surface area is 208 Å². The minimum atomic E-state index is -3.11. The first-order chi connectivity index (χ1) is 17.3. The van der Waals surface area contributed by atoms with Crippen molar-refractivity contribution in [1.82, 2.24) is 10.3 Å². The number of rotatable bonds is 9. The van der Waals surface area contributed by atoms with Crippen LogP contribution in [0.1, 0.15) is 28.5 Å². The first-order valence-corrected chi connectivity index (χ1v) is 11.4. The molecule has 3 aromatic carbocycles. The quantitative estimate of drug-likeness (QED) is 0.282. The summed E-state index contributed by atoms with van der Waals surface area (Å²) in [6.07, 6.45) is 2.08. The summed E-state index contributed by atoms with van der Waals surface area (Å²) in [6, 6.07) is 21.3. The molecule has 0 fully saturated rings. The highest BCUT2D eigenvalue weighted by molar-refractivity contribution is 6.00. The van der Waals surface area contributed by atoms with Crippen molar-refractivity contribution < 1.29 is 23.4 Å². The molecule has 1 amide bonds. The summed E-state index contributed by atoms with van der Waals surface area (Å²) in [4.78, 5) is 17.1. The molecule has 0 bridgehead atoms. The predicted octanol–water partition coefficient (Wildman–Crippen LogP) is 6.03. The minimum Gasteiger partial charge on any atom is -0.457 e. The second kappa shape index (κ2) is 10.7. The van der Waals surface area contributed by atoms with Gasteiger partial charge in [-0.1, -0.05) is 24.8 Å². The van der Waals surface area contributed by atoms with E-state index in [9.17, 15) is 18.7 Å². The lowest BCUT2D eigenvalue weighted by Gasteiger charge is -2.17. The number of hydrogen-bond acceptors (Lipinski definition) is 4. The van der Waals surface area contributed by atoms with Crippen LogP contribution in [0.15, 0.2) is 97.2 Å². The molecule has 0 aliphatic heterocycles. The minimum absolute atomic E-state index is 0.153. The maximum absolute atomic E-state index is 14.2. The van der Waals surface area contributed by atoms with Crippen LogP contribution in [0, 0.1) is 0 Å². The number of allylic oxidation sites excluding steroid dienone is 1. The Bertz CT molecular complexity index is 1370. The first kappa shape index (κ1) is 25.0. The average Bonchev–Trinajstić information content (AvgIpc) is 2.89. The van der Waals surface area contributed by atoms with E-state index in [0.29, 0.717) is 23.5 Å². The second-order valence-electron chi connectivity index (χ2n) is 8.55. The maximum atomic E-state index is 14.2. The molecule has 4 aromatic rings. The number of aliphatic hydroxyl groups excluding tert-OH is 1. The summed E-state index contributed by atoms with van der Waals surface area (Å²) in [7, 11) is 0. The van der Waals surface area contributed by atoms with Crippen LogP contribution < -0.4 is 10.1 Å². The summed E-state index contributed by atoms with van der Waals surface area (Å²) in [6.45, 7) is 4.44. The number of hydrogen-bond donors (Lipinski definition) is 2. The number of nitrogens with zero attached hydrogens (tertiary/aromatic N) is 1.